The van der Waals surface area contributed by atoms with E-state index >= 15 is 0 Å². The number of nitrogens with two attached hydrogens (primary N) is 1. The van der Waals surface area contributed by atoms with Crippen molar-refractivity contribution in [1.29, 1.82) is 0 Å². The van der Waals surface area contributed by atoms with Crippen LogP contribution in [-0.4, -0.2) is 12.3 Å². The Labute approximate surface area is 100.0 Å². The van der Waals surface area contributed by atoms with Crippen LogP contribution in [0, 0.1) is 11.3 Å². The Balaban J connectivity index is 2.72. The summed E-state index contributed by atoms with van der Waals surface area (Å²) in [4.78, 5) is 12.5. The summed E-state index contributed by atoms with van der Waals surface area (Å²) < 4.78 is 0. The van der Waals surface area contributed by atoms with E-state index in [-0.39, 0.29) is 11.3 Å². The van der Waals surface area contributed by atoms with Crippen molar-refractivity contribution in [2.24, 2.45) is 17.1 Å². The summed E-state index contributed by atoms with van der Waals surface area (Å²) in [7, 11) is 0. The molecule has 0 radical (unpaired) electrons. The van der Waals surface area contributed by atoms with Crippen molar-refractivity contribution >= 4 is 5.78 Å². The first-order chi connectivity index (χ1) is 7.66. The third-order valence-electron chi connectivity index (χ3n) is 4.14. The van der Waals surface area contributed by atoms with Crippen molar-refractivity contribution < 1.29 is 4.79 Å². The minimum atomic E-state index is -0.176. The smallest absolute Gasteiger partial charge is 0.143 e. The van der Waals surface area contributed by atoms with Crippen molar-refractivity contribution in [3.8, 4) is 0 Å². The van der Waals surface area contributed by atoms with Crippen molar-refractivity contribution in [3.05, 3.63) is 0 Å². The molecule has 0 bridgehead atoms. The van der Waals surface area contributed by atoms with Gasteiger partial charge in [0, 0.05) is 17.9 Å². The van der Waals surface area contributed by atoms with E-state index in [1.165, 1.54) is 25.7 Å². The van der Waals surface area contributed by atoms with E-state index in [1.54, 1.807) is 0 Å². The first-order valence-electron chi connectivity index (χ1n) is 6.90. The SMILES string of the molecule is CCCC(C)C(=O)C1(CN)CCCCCC1. The second kappa shape index (κ2) is 6.39. The summed E-state index contributed by atoms with van der Waals surface area (Å²) in [6.07, 6.45) is 9.07. The highest BCUT2D eigenvalue weighted by molar-refractivity contribution is 5.87. The number of ketones is 1. The van der Waals surface area contributed by atoms with Gasteiger partial charge in [-0.25, -0.2) is 0 Å². The largest absolute Gasteiger partial charge is 0.329 e. The average Bonchev–Trinajstić information content (AvgIpc) is 2.54. The van der Waals surface area contributed by atoms with E-state index in [0.717, 1.165) is 25.7 Å². The van der Waals surface area contributed by atoms with E-state index < -0.39 is 0 Å². The Bertz CT molecular complexity index is 217. The zero-order valence-corrected chi connectivity index (χ0v) is 10.9. The topological polar surface area (TPSA) is 43.1 Å². The summed E-state index contributed by atoms with van der Waals surface area (Å²) in [6, 6.07) is 0. The van der Waals surface area contributed by atoms with Crippen LogP contribution in [0.3, 0.4) is 0 Å². The lowest BCUT2D eigenvalue weighted by molar-refractivity contribution is -0.133. The molecule has 0 spiro atoms. The molecule has 0 amide bonds. The molecule has 0 aromatic rings. The number of hydrogen-bond donors (Lipinski definition) is 1. The second-order valence-electron chi connectivity index (χ2n) is 5.45. The molecule has 1 fully saturated rings. The van der Waals surface area contributed by atoms with Crippen LogP contribution in [-0.2, 0) is 4.79 Å². The first-order valence-corrected chi connectivity index (χ1v) is 6.90. The fraction of sp³-hybridized carbons (Fsp3) is 0.929. The first kappa shape index (κ1) is 13.7. The van der Waals surface area contributed by atoms with E-state index in [9.17, 15) is 4.79 Å². The summed E-state index contributed by atoms with van der Waals surface area (Å²) in [5.74, 6) is 0.644. The zero-order valence-electron chi connectivity index (χ0n) is 10.9. The number of hydrogen-bond acceptors (Lipinski definition) is 2. The van der Waals surface area contributed by atoms with Crippen LogP contribution in [0.5, 0.6) is 0 Å². The van der Waals surface area contributed by atoms with Crippen molar-refractivity contribution in [2.75, 3.05) is 6.54 Å². The highest BCUT2D eigenvalue weighted by Gasteiger charge is 2.38. The van der Waals surface area contributed by atoms with Gasteiger partial charge in [-0.1, -0.05) is 46.0 Å². The summed E-state index contributed by atoms with van der Waals surface area (Å²) >= 11 is 0. The summed E-state index contributed by atoms with van der Waals surface area (Å²) in [5, 5.41) is 0. The van der Waals surface area contributed by atoms with Gasteiger partial charge in [-0.2, -0.15) is 0 Å². The maximum atomic E-state index is 12.5. The molecule has 2 N–H and O–H groups in total. The maximum Gasteiger partial charge on any atom is 0.143 e. The third-order valence-corrected chi connectivity index (χ3v) is 4.14. The number of carbonyl (C=O) groups excluding carboxylic acids is 1. The van der Waals surface area contributed by atoms with E-state index in [4.69, 9.17) is 5.73 Å². The van der Waals surface area contributed by atoms with Crippen LogP contribution in [0.15, 0.2) is 0 Å². The molecule has 1 atom stereocenters. The van der Waals surface area contributed by atoms with Crippen LogP contribution in [0.4, 0.5) is 0 Å². The normalized spacial score (nSPS) is 22.4. The number of rotatable bonds is 5. The molecule has 0 aliphatic heterocycles. The van der Waals surface area contributed by atoms with E-state index in [1.807, 2.05) is 0 Å². The quantitative estimate of drug-likeness (QED) is 0.730. The Morgan fingerprint density at radius 3 is 2.25 bits per heavy atom. The van der Waals surface area contributed by atoms with Crippen LogP contribution >= 0.6 is 0 Å². The van der Waals surface area contributed by atoms with Crippen molar-refractivity contribution in [3.63, 3.8) is 0 Å². The monoisotopic (exact) mass is 225 g/mol. The molecule has 0 aromatic heterocycles. The molecule has 1 saturated carbocycles. The van der Waals surface area contributed by atoms with E-state index in [0.29, 0.717) is 12.3 Å². The van der Waals surface area contributed by atoms with Gasteiger partial charge in [0.1, 0.15) is 5.78 Å². The minimum Gasteiger partial charge on any atom is -0.329 e. The molecular formula is C14H27NO. The molecule has 1 rings (SSSR count). The van der Waals surface area contributed by atoms with Gasteiger partial charge in [0.2, 0.25) is 0 Å². The van der Waals surface area contributed by atoms with Gasteiger partial charge in [0.25, 0.3) is 0 Å². The minimum absolute atomic E-state index is 0.176. The van der Waals surface area contributed by atoms with Gasteiger partial charge in [0.15, 0.2) is 0 Å². The summed E-state index contributed by atoms with van der Waals surface area (Å²) in [5.41, 5.74) is 5.75. The predicted molar refractivity (Wildman–Crippen MR) is 68.3 cm³/mol. The Morgan fingerprint density at radius 2 is 1.81 bits per heavy atom. The molecule has 2 nitrogen and oxygen atoms in total. The highest BCUT2D eigenvalue weighted by atomic mass is 16.1. The average molecular weight is 225 g/mol. The van der Waals surface area contributed by atoms with Crippen LogP contribution < -0.4 is 5.73 Å². The zero-order chi connectivity index (χ0) is 12.0. The molecule has 0 heterocycles. The molecular weight excluding hydrogens is 198 g/mol. The molecule has 94 valence electrons. The van der Waals surface area contributed by atoms with Gasteiger partial charge in [-0.05, 0) is 19.3 Å². The van der Waals surface area contributed by atoms with Crippen molar-refractivity contribution in [2.45, 2.75) is 65.2 Å². The van der Waals surface area contributed by atoms with E-state index in [2.05, 4.69) is 13.8 Å². The van der Waals surface area contributed by atoms with Gasteiger partial charge in [-0.15, -0.1) is 0 Å². The molecule has 1 aliphatic carbocycles. The van der Waals surface area contributed by atoms with Gasteiger partial charge in [0.05, 0.1) is 0 Å². The Hall–Kier alpha value is -0.370. The standard InChI is InChI=1S/C14H27NO/c1-3-8-12(2)13(16)14(11-15)9-6-4-5-7-10-14/h12H,3-11,15H2,1-2H3. The maximum absolute atomic E-state index is 12.5. The predicted octanol–water partition coefficient (Wildman–Crippen LogP) is 3.29. The molecule has 1 unspecified atom stereocenters. The molecule has 2 heteroatoms. The van der Waals surface area contributed by atoms with Gasteiger partial charge < -0.3 is 5.73 Å². The van der Waals surface area contributed by atoms with Crippen LogP contribution in [0.25, 0.3) is 0 Å². The molecule has 16 heavy (non-hydrogen) atoms. The second-order valence-corrected chi connectivity index (χ2v) is 5.45. The Kier molecular flexibility index (Phi) is 5.47. The molecule has 0 saturated heterocycles. The molecule has 0 aromatic carbocycles. The fourth-order valence-electron chi connectivity index (χ4n) is 3.04. The number of Topliss-reactive ketones (excluding diaryl/α,β-unsaturated/α-hetero) is 1. The lowest BCUT2D eigenvalue weighted by atomic mass is 9.72. The van der Waals surface area contributed by atoms with Gasteiger partial charge in [-0.3, -0.25) is 4.79 Å². The summed E-state index contributed by atoms with van der Waals surface area (Å²) in [6.45, 7) is 4.78. The molecule has 1 aliphatic rings. The Morgan fingerprint density at radius 1 is 1.25 bits per heavy atom. The highest BCUT2D eigenvalue weighted by Crippen LogP contribution is 2.37. The fourth-order valence-corrected chi connectivity index (χ4v) is 3.04. The van der Waals surface area contributed by atoms with Crippen LogP contribution in [0.1, 0.15) is 65.2 Å². The lowest BCUT2D eigenvalue weighted by Gasteiger charge is -2.32. The number of carbonyl (C=O) groups is 1. The van der Waals surface area contributed by atoms with Crippen molar-refractivity contribution in [1.82, 2.24) is 0 Å². The lowest BCUT2D eigenvalue weighted by Crippen LogP contribution is -2.41. The van der Waals surface area contributed by atoms with Crippen LogP contribution in [0.2, 0.25) is 0 Å². The third kappa shape index (κ3) is 3.07. The van der Waals surface area contributed by atoms with Gasteiger partial charge >= 0.3 is 0 Å².